The zero-order valence-electron chi connectivity index (χ0n) is 29.3. The third-order valence-electron chi connectivity index (χ3n) is 6.19. The van der Waals surface area contributed by atoms with Gasteiger partial charge in [-0.05, 0) is 23.8 Å². The van der Waals surface area contributed by atoms with Crippen LogP contribution in [-0.4, -0.2) is 14.1 Å². The van der Waals surface area contributed by atoms with Gasteiger partial charge in [0.2, 0.25) is 0 Å². The Kier molecular flexibility index (Phi) is 47.3. The Hall–Kier alpha value is -0.663. The minimum atomic E-state index is -0.446. The van der Waals surface area contributed by atoms with Crippen molar-refractivity contribution >= 4 is 38.0 Å². The zero-order chi connectivity index (χ0) is 32.3. The SMILES string of the molecule is C[CH2][Al]([CH2]C)[CH2]C.[CH2-]CCC.[CH2-]CCC.[CH2-]CCC.[CH2-]CCC.[Ti+4].c1ccc(P(c2ccccc2)c2ccccc2)cc1. The molecule has 3 aromatic rings. The average molecular weight is 653 g/mol. The largest absolute Gasteiger partial charge is 4.00 e. The van der Waals surface area contributed by atoms with Gasteiger partial charge in [-0.25, -0.2) is 0 Å². The van der Waals surface area contributed by atoms with Crippen molar-refractivity contribution in [1.82, 2.24) is 0 Å². The second kappa shape index (κ2) is 41.3. The second-order valence-corrected chi connectivity index (χ2v) is 16.2. The summed E-state index contributed by atoms with van der Waals surface area (Å²) in [6.45, 7) is 29.9. The molecule has 0 amide bonds. The third-order valence-corrected chi connectivity index (χ3v) is 12.1. The normalized spacial score (nSPS) is 8.93. The van der Waals surface area contributed by atoms with Crippen LogP contribution in [0.2, 0.25) is 15.8 Å². The van der Waals surface area contributed by atoms with Crippen LogP contribution in [0.5, 0.6) is 0 Å². The predicted molar refractivity (Wildman–Crippen MR) is 203 cm³/mol. The molecular weight excluding hydrogens is 586 g/mol. The first kappa shape index (κ1) is 49.2. The average Bonchev–Trinajstić information content (AvgIpc) is 3.08. The number of rotatable bonds is 10. The van der Waals surface area contributed by atoms with Crippen LogP contribution in [0.15, 0.2) is 91.0 Å². The van der Waals surface area contributed by atoms with E-state index in [0.717, 1.165) is 25.7 Å². The summed E-state index contributed by atoms with van der Waals surface area (Å²) in [5.74, 6) is 0. The fraction of sp³-hybridized carbons (Fsp3) is 0.450. The van der Waals surface area contributed by atoms with Crippen LogP contribution in [0.4, 0.5) is 0 Å². The molecular formula is C40H66AlPTi. The fourth-order valence-corrected chi connectivity index (χ4v) is 7.08. The second-order valence-electron chi connectivity index (χ2n) is 9.85. The van der Waals surface area contributed by atoms with Gasteiger partial charge < -0.3 is 27.7 Å². The van der Waals surface area contributed by atoms with Crippen LogP contribution >= 0.6 is 7.92 Å². The monoisotopic (exact) mass is 652 g/mol. The van der Waals surface area contributed by atoms with Gasteiger partial charge in [-0.2, -0.15) is 25.7 Å². The Morgan fingerprint density at radius 3 is 0.721 bits per heavy atom. The summed E-state index contributed by atoms with van der Waals surface area (Å²) >= 11 is -0.171. The Bertz CT molecular complexity index is 715. The topological polar surface area (TPSA) is 0 Å². The molecule has 0 nitrogen and oxygen atoms in total. The quantitative estimate of drug-likeness (QED) is 0.116. The van der Waals surface area contributed by atoms with E-state index in [4.69, 9.17) is 0 Å². The van der Waals surface area contributed by atoms with Gasteiger partial charge in [0.15, 0.2) is 0 Å². The van der Waals surface area contributed by atoms with Crippen molar-refractivity contribution in [1.29, 1.82) is 0 Å². The summed E-state index contributed by atoms with van der Waals surface area (Å²) in [6, 6.07) is 32.3. The Morgan fingerprint density at radius 1 is 0.419 bits per heavy atom. The summed E-state index contributed by atoms with van der Waals surface area (Å²) in [4.78, 5) is 0. The molecule has 238 valence electrons. The van der Waals surface area contributed by atoms with E-state index in [1.54, 1.807) is 0 Å². The van der Waals surface area contributed by atoms with E-state index >= 15 is 0 Å². The maximum atomic E-state index is 3.60. The summed E-state index contributed by atoms with van der Waals surface area (Å²) < 4.78 is 0. The molecule has 3 heteroatoms. The maximum Gasteiger partial charge on any atom is 4.00 e. The standard InChI is InChI=1S/C18H15P.4C4H9.3C2H5.Al.Ti/c1-4-10-16(11-5-1)19(17-12-6-2-7-13-17)18-14-8-3-9-15-18;4*1-3-4-2;3*1-2;;/h1-15H;4*1,3-4H2,2H3;3*1H2,2H3;;/q;4*-1;;;;;+4. The summed E-state index contributed by atoms with van der Waals surface area (Å²) in [5.41, 5.74) is 0. The summed E-state index contributed by atoms with van der Waals surface area (Å²) in [5, 5.41) is 8.67. The van der Waals surface area contributed by atoms with E-state index in [1.165, 1.54) is 57.4 Å². The van der Waals surface area contributed by atoms with Gasteiger partial charge in [-0.3, -0.25) is 0 Å². The van der Waals surface area contributed by atoms with Crippen molar-refractivity contribution < 1.29 is 21.7 Å². The Morgan fingerprint density at radius 2 is 0.605 bits per heavy atom. The van der Waals surface area contributed by atoms with Gasteiger partial charge in [-0.15, -0.1) is 0 Å². The van der Waals surface area contributed by atoms with Gasteiger partial charge in [0.1, 0.15) is 0 Å². The van der Waals surface area contributed by atoms with E-state index < -0.39 is 7.92 Å². The molecule has 0 aliphatic rings. The molecule has 0 saturated carbocycles. The van der Waals surface area contributed by atoms with Crippen molar-refractivity contribution in [2.24, 2.45) is 0 Å². The summed E-state index contributed by atoms with van der Waals surface area (Å²) in [7, 11) is -0.446. The number of unbranched alkanes of at least 4 members (excludes halogenated alkanes) is 4. The van der Waals surface area contributed by atoms with E-state index in [0.29, 0.717) is 0 Å². The van der Waals surface area contributed by atoms with Crippen molar-refractivity contribution in [3.63, 3.8) is 0 Å². The van der Waals surface area contributed by atoms with Crippen LogP contribution in [-0.2, 0) is 21.7 Å². The number of hydrogen-bond acceptors (Lipinski definition) is 0. The first-order valence-electron chi connectivity index (χ1n) is 16.6. The van der Waals surface area contributed by atoms with Crippen molar-refractivity contribution in [2.45, 2.75) is 116 Å². The van der Waals surface area contributed by atoms with Crippen LogP contribution in [0, 0.1) is 27.7 Å². The van der Waals surface area contributed by atoms with E-state index in [9.17, 15) is 0 Å². The molecule has 0 radical (unpaired) electrons. The van der Waals surface area contributed by atoms with Crippen molar-refractivity contribution in [2.75, 3.05) is 0 Å². The minimum absolute atomic E-state index is 0. The van der Waals surface area contributed by atoms with Gasteiger partial charge in [0.05, 0.1) is 0 Å². The molecule has 3 rings (SSSR count). The predicted octanol–water partition coefficient (Wildman–Crippen LogP) is 12.5. The first-order valence-corrected chi connectivity index (χ1v) is 20.4. The minimum Gasteiger partial charge on any atom is -0.343 e. The molecule has 0 atom stereocenters. The van der Waals surface area contributed by atoms with Crippen LogP contribution in [0.25, 0.3) is 0 Å². The van der Waals surface area contributed by atoms with E-state index in [1.807, 2.05) is 0 Å². The van der Waals surface area contributed by atoms with Crippen LogP contribution in [0.3, 0.4) is 0 Å². The Labute approximate surface area is 292 Å². The number of benzene rings is 3. The fourth-order valence-electron chi connectivity index (χ4n) is 3.04. The zero-order valence-corrected chi connectivity index (χ0v) is 32.9. The molecule has 0 fully saturated rings. The van der Waals surface area contributed by atoms with Gasteiger partial charge in [0, 0.05) is 0 Å². The molecule has 0 bridgehead atoms. The van der Waals surface area contributed by atoms with Crippen LogP contribution < -0.4 is 15.9 Å². The molecule has 0 spiro atoms. The Balaban J connectivity index is -0.000000263. The molecule has 0 heterocycles. The third kappa shape index (κ3) is 31.1. The van der Waals surface area contributed by atoms with E-state index in [2.05, 4.69) is 167 Å². The molecule has 0 aliphatic heterocycles. The molecule has 0 aromatic heterocycles. The van der Waals surface area contributed by atoms with Crippen molar-refractivity contribution in [3.8, 4) is 0 Å². The van der Waals surface area contributed by atoms with E-state index in [-0.39, 0.29) is 35.9 Å². The molecule has 0 N–H and O–H groups in total. The molecule has 43 heavy (non-hydrogen) atoms. The maximum absolute atomic E-state index is 3.60. The smallest absolute Gasteiger partial charge is 0.343 e. The van der Waals surface area contributed by atoms with Gasteiger partial charge in [0.25, 0.3) is 14.1 Å². The molecule has 0 aliphatic carbocycles. The number of hydrogen-bond donors (Lipinski definition) is 0. The summed E-state index contributed by atoms with van der Waals surface area (Å²) in [6.07, 6.45) is 9.11. The molecule has 0 saturated heterocycles. The van der Waals surface area contributed by atoms with Gasteiger partial charge >= 0.3 is 21.7 Å². The molecule has 0 unspecified atom stereocenters. The van der Waals surface area contributed by atoms with Crippen molar-refractivity contribution in [3.05, 3.63) is 119 Å². The van der Waals surface area contributed by atoms with Crippen LogP contribution in [0.1, 0.15) is 99.8 Å². The first-order chi connectivity index (χ1) is 20.5. The molecule has 3 aromatic carbocycles. The van der Waals surface area contributed by atoms with Gasteiger partial charge in [-0.1, -0.05) is 181 Å².